The highest BCUT2D eigenvalue weighted by Gasteiger charge is 2.47. The summed E-state index contributed by atoms with van der Waals surface area (Å²) in [5.74, 6) is -0.138. The molecular formula is C25H26Cl2F4N6O. The largest absolute Gasteiger partial charge is 0.408 e. The van der Waals surface area contributed by atoms with E-state index >= 15 is 0 Å². The predicted octanol–water partition coefficient (Wildman–Crippen LogP) is 4.59. The molecule has 4 heterocycles. The molecule has 3 N–H and O–H groups in total. The summed E-state index contributed by atoms with van der Waals surface area (Å²) in [7, 11) is 0. The van der Waals surface area contributed by atoms with E-state index in [1.165, 1.54) is 39.8 Å². The number of pyridine rings is 2. The smallest absolute Gasteiger partial charge is 0.395 e. The van der Waals surface area contributed by atoms with E-state index in [1.807, 2.05) is 0 Å². The number of rotatable bonds is 5. The lowest BCUT2D eigenvalue weighted by Gasteiger charge is -2.30. The maximum Gasteiger partial charge on any atom is 0.408 e. The molecule has 38 heavy (non-hydrogen) atoms. The molecule has 1 saturated carbocycles. The lowest BCUT2D eigenvalue weighted by Crippen LogP contribution is -2.38. The molecule has 0 amide bonds. The summed E-state index contributed by atoms with van der Waals surface area (Å²) < 4.78 is 58.3. The van der Waals surface area contributed by atoms with Gasteiger partial charge in [0.25, 0.3) is 0 Å². The van der Waals surface area contributed by atoms with Gasteiger partial charge in [0, 0.05) is 36.1 Å². The molecule has 1 aliphatic carbocycles. The van der Waals surface area contributed by atoms with Gasteiger partial charge in [-0.1, -0.05) is 12.1 Å². The first-order valence-corrected chi connectivity index (χ1v) is 11.8. The van der Waals surface area contributed by atoms with Crippen molar-refractivity contribution in [3.05, 3.63) is 59.5 Å². The van der Waals surface area contributed by atoms with Crippen molar-refractivity contribution in [1.82, 2.24) is 24.5 Å². The Hall–Kier alpha value is -2.57. The Morgan fingerprint density at radius 2 is 1.87 bits per heavy atom. The second-order valence-corrected chi connectivity index (χ2v) is 9.86. The van der Waals surface area contributed by atoms with E-state index in [0.29, 0.717) is 34.2 Å². The van der Waals surface area contributed by atoms with Crippen molar-refractivity contribution in [2.45, 2.75) is 42.9 Å². The summed E-state index contributed by atoms with van der Waals surface area (Å²) in [6.45, 7) is 0.305. The van der Waals surface area contributed by atoms with Crippen molar-refractivity contribution < 1.29 is 22.7 Å². The van der Waals surface area contributed by atoms with Gasteiger partial charge in [0.15, 0.2) is 11.5 Å². The minimum Gasteiger partial charge on any atom is -0.395 e. The Morgan fingerprint density at radius 1 is 1.11 bits per heavy atom. The van der Waals surface area contributed by atoms with Gasteiger partial charge in [0.1, 0.15) is 17.6 Å². The topological polar surface area (TPSA) is 92.6 Å². The molecule has 7 nitrogen and oxygen atoms in total. The first kappa shape index (κ1) is 28.4. The van der Waals surface area contributed by atoms with Gasteiger partial charge in [-0.25, -0.2) is 9.37 Å². The van der Waals surface area contributed by atoms with Gasteiger partial charge in [-0.05, 0) is 54.7 Å². The summed E-state index contributed by atoms with van der Waals surface area (Å²) in [6.07, 6.45) is -1.13. The minimum atomic E-state index is -4.49. The van der Waals surface area contributed by atoms with Gasteiger partial charge in [-0.3, -0.25) is 9.30 Å². The molecule has 1 aliphatic heterocycles. The maximum atomic E-state index is 14.3. The molecule has 2 aliphatic rings. The zero-order chi connectivity index (χ0) is 25.2. The molecule has 3 aromatic heterocycles. The number of aliphatic hydroxyl groups excluding tert-OH is 1. The number of likely N-dealkylation sites (tertiary alicyclic amines) is 1. The first-order valence-electron chi connectivity index (χ1n) is 11.8. The van der Waals surface area contributed by atoms with E-state index < -0.39 is 23.5 Å². The monoisotopic (exact) mass is 572 g/mol. The van der Waals surface area contributed by atoms with Gasteiger partial charge < -0.3 is 10.8 Å². The zero-order valence-corrected chi connectivity index (χ0v) is 21.7. The molecule has 1 saturated heterocycles. The average Bonchev–Trinajstić information content (AvgIpc) is 3.35. The molecular weight excluding hydrogens is 547 g/mol. The third-order valence-electron chi connectivity index (χ3n) is 7.39. The third-order valence-corrected chi connectivity index (χ3v) is 7.39. The Labute approximate surface area is 227 Å². The molecule has 0 radical (unpaired) electrons. The first-order chi connectivity index (χ1) is 17.2. The lowest BCUT2D eigenvalue weighted by molar-refractivity contribution is -0.183. The summed E-state index contributed by atoms with van der Waals surface area (Å²) in [4.78, 5) is 6.08. The summed E-state index contributed by atoms with van der Waals surface area (Å²) >= 11 is 0. The number of aliphatic hydroxyl groups is 1. The van der Waals surface area contributed by atoms with Crippen LogP contribution in [0.15, 0.2) is 42.6 Å². The van der Waals surface area contributed by atoms with Crippen LogP contribution in [0.2, 0.25) is 0 Å². The lowest BCUT2D eigenvalue weighted by atomic mass is 9.94. The SMILES string of the molecule is Cl.Cl.N[C@H]1CCN([C@H](c2ccc3nnc(-c4ccc5cc(F)cc(C6(CO)CC6)c5n4)n3c2)C(F)(F)F)C1. The molecule has 2 atom stereocenters. The number of fused-ring (bicyclic) bond motifs is 2. The van der Waals surface area contributed by atoms with Crippen LogP contribution in [0, 0.1) is 5.82 Å². The van der Waals surface area contributed by atoms with Crippen LogP contribution < -0.4 is 5.73 Å². The molecule has 204 valence electrons. The molecule has 4 aromatic rings. The third kappa shape index (κ3) is 4.82. The van der Waals surface area contributed by atoms with Gasteiger partial charge in [0.05, 0.1) is 12.1 Å². The number of nitrogens with zero attached hydrogens (tertiary/aromatic N) is 5. The van der Waals surface area contributed by atoms with Crippen molar-refractivity contribution in [2.75, 3.05) is 19.7 Å². The number of nitrogens with two attached hydrogens (primary N) is 1. The van der Waals surface area contributed by atoms with Crippen LogP contribution in [0.3, 0.4) is 0 Å². The molecule has 0 unspecified atom stereocenters. The normalized spacial score (nSPS) is 19.8. The van der Waals surface area contributed by atoms with Gasteiger partial charge in [-0.2, -0.15) is 13.2 Å². The summed E-state index contributed by atoms with van der Waals surface area (Å²) in [5.41, 5.74) is 7.35. The molecule has 0 bridgehead atoms. The van der Waals surface area contributed by atoms with Crippen LogP contribution in [-0.2, 0) is 5.41 Å². The van der Waals surface area contributed by atoms with Crippen LogP contribution in [0.4, 0.5) is 17.6 Å². The van der Waals surface area contributed by atoms with Crippen molar-refractivity contribution >= 4 is 41.4 Å². The number of benzene rings is 1. The van der Waals surface area contributed by atoms with Crippen molar-refractivity contribution in [3.63, 3.8) is 0 Å². The zero-order valence-electron chi connectivity index (χ0n) is 20.0. The van der Waals surface area contributed by atoms with E-state index in [1.54, 1.807) is 12.1 Å². The van der Waals surface area contributed by atoms with Crippen LogP contribution in [0.1, 0.15) is 36.4 Å². The van der Waals surface area contributed by atoms with Crippen molar-refractivity contribution in [2.24, 2.45) is 5.73 Å². The highest BCUT2D eigenvalue weighted by molar-refractivity contribution is 5.86. The number of hydrogen-bond donors (Lipinski definition) is 2. The van der Waals surface area contributed by atoms with Gasteiger partial charge >= 0.3 is 6.18 Å². The van der Waals surface area contributed by atoms with Crippen LogP contribution >= 0.6 is 24.8 Å². The van der Waals surface area contributed by atoms with Crippen LogP contribution in [0.5, 0.6) is 0 Å². The molecule has 0 spiro atoms. The predicted molar refractivity (Wildman–Crippen MR) is 139 cm³/mol. The fourth-order valence-electron chi connectivity index (χ4n) is 5.29. The molecule has 2 fully saturated rings. The Kier molecular flexibility index (Phi) is 7.63. The molecule has 13 heteroatoms. The van der Waals surface area contributed by atoms with E-state index in [-0.39, 0.29) is 61.9 Å². The van der Waals surface area contributed by atoms with Gasteiger partial charge in [-0.15, -0.1) is 35.0 Å². The standard InChI is InChI=1S/C25H24F4N6O.2ClH/c26-16-9-14-1-3-19(31-21(14)18(10-16)24(13-36)6-7-24)23-33-32-20-4-2-15(11-35(20)23)22(25(27,28)29)34-8-5-17(30)12-34;;/h1-4,9-11,17,22,36H,5-8,12-13,30H2;2*1H/t17-,22+;;/m0../s1. The van der Waals surface area contributed by atoms with Crippen LogP contribution in [-0.4, -0.2) is 61.5 Å². The average molecular weight is 573 g/mol. The summed E-state index contributed by atoms with van der Waals surface area (Å²) in [6, 6.07) is 6.95. The summed E-state index contributed by atoms with van der Waals surface area (Å²) in [5, 5.41) is 18.8. The Bertz CT molecular complexity index is 1480. The van der Waals surface area contributed by atoms with E-state index in [4.69, 9.17) is 10.7 Å². The van der Waals surface area contributed by atoms with Crippen molar-refractivity contribution in [3.8, 4) is 11.5 Å². The van der Waals surface area contributed by atoms with E-state index in [0.717, 1.165) is 12.8 Å². The second kappa shape index (κ2) is 10.2. The van der Waals surface area contributed by atoms with Crippen LogP contribution in [0.25, 0.3) is 28.1 Å². The highest BCUT2D eigenvalue weighted by Crippen LogP contribution is 2.50. The quantitative estimate of drug-likeness (QED) is 0.340. The van der Waals surface area contributed by atoms with Gasteiger partial charge in [0.2, 0.25) is 0 Å². The van der Waals surface area contributed by atoms with E-state index in [2.05, 4.69) is 10.2 Å². The Balaban J connectivity index is 0.00000168. The van der Waals surface area contributed by atoms with E-state index in [9.17, 15) is 22.7 Å². The highest BCUT2D eigenvalue weighted by atomic mass is 35.5. The molecule has 1 aromatic carbocycles. The number of alkyl halides is 3. The number of aromatic nitrogens is 4. The number of hydrogen-bond acceptors (Lipinski definition) is 6. The fraction of sp³-hybridized carbons (Fsp3) is 0.400. The number of halogens is 6. The maximum absolute atomic E-state index is 14.3. The minimum absolute atomic E-state index is 0. The van der Waals surface area contributed by atoms with Crippen molar-refractivity contribution in [1.29, 1.82) is 0 Å². The second-order valence-electron chi connectivity index (χ2n) is 9.86. The fourth-order valence-corrected chi connectivity index (χ4v) is 5.29. The Morgan fingerprint density at radius 3 is 2.50 bits per heavy atom. The molecule has 6 rings (SSSR count).